The summed E-state index contributed by atoms with van der Waals surface area (Å²) in [6.07, 6.45) is 0. The molecule has 0 saturated heterocycles. The van der Waals surface area contributed by atoms with Crippen LogP contribution in [0, 0.1) is 0 Å². The number of imidazole rings is 2. The van der Waals surface area contributed by atoms with E-state index in [4.69, 9.17) is 19.4 Å². The van der Waals surface area contributed by atoms with Crippen molar-refractivity contribution in [2.45, 2.75) is 0 Å². The molecular formula is C44H32N4O2S. The fraction of sp³-hybridized carbons (Fsp3) is 0.0455. The zero-order valence-electron chi connectivity index (χ0n) is 28.0. The molecule has 0 atom stereocenters. The van der Waals surface area contributed by atoms with Crippen LogP contribution < -0.4 is 9.47 Å². The Kier molecular flexibility index (Phi) is 7.67. The number of rotatable bonds is 8. The van der Waals surface area contributed by atoms with Gasteiger partial charge in [-0.25, -0.2) is 9.97 Å². The number of aromatic nitrogens is 4. The smallest absolute Gasteiger partial charge is 0.138 e. The van der Waals surface area contributed by atoms with Gasteiger partial charge in [-0.15, -0.1) is 11.3 Å². The molecule has 6 nitrogen and oxygen atoms in total. The normalized spacial score (nSPS) is 11.3. The molecule has 0 saturated carbocycles. The van der Waals surface area contributed by atoms with E-state index < -0.39 is 0 Å². The van der Waals surface area contributed by atoms with Crippen LogP contribution in [0.4, 0.5) is 0 Å². The van der Waals surface area contributed by atoms with Crippen molar-refractivity contribution in [3.8, 4) is 79.3 Å². The van der Waals surface area contributed by atoms with Crippen molar-refractivity contribution in [3.63, 3.8) is 0 Å². The van der Waals surface area contributed by atoms with E-state index in [0.29, 0.717) is 0 Å². The van der Waals surface area contributed by atoms with Gasteiger partial charge < -0.3 is 19.4 Å². The lowest BCUT2D eigenvalue weighted by Gasteiger charge is -2.04. The average molecular weight is 681 g/mol. The summed E-state index contributed by atoms with van der Waals surface area (Å²) in [7, 11) is 3.36. The van der Waals surface area contributed by atoms with Crippen molar-refractivity contribution in [2.75, 3.05) is 14.2 Å². The summed E-state index contributed by atoms with van der Waals surface area (Å²) < 4.78 is 13.2. The SMILES string of the molecule is COc1ccc(-c2nc(-c3ccc4c(c3)sc3cc(-c5nc(-c6ccc(OC)cc6)[nH]c5-c5ccccc5)ccc34)c(-c3ccccc3)[nH]2)cc1. The largest absolute Gasteiger partial charge is 0.497 e. The van der Waals surface area contributed by atoms with Crippen LogP contribution in [0.15, 0.2) is 146 Å². The maximum absolute atomic E-state index is 5.39. The Labute approximate surface area is 299 Å². The molecular weight excluding hydrogens is 649 g/mol. The fourth-order valence-electron chi connectivity index (χ4n) is 6.63. The number of fused-ring (bicyclic) bond motifs is 3. The predicted molar refractivity (Wildman–Crippen MR) is 209 cm³/mol. The summed E-state index contributed by atoms with van der Waals surface area (Å²) in [6, 6.07) is 50.1. The minimum absolute atomic E-state index is 0.813. The number of H-pyrrole nitrogens is 2. The third-order valence-corrected chi connectivity index (χ3v) is 10.4. The van der Waals surface area contributed by atoms with E-state index >= 15 is 0 Å². The second kappa shape index (κ2) is 12.8. The van der Waals surface area contributed by atoms with Crippen LogP contribution >= 0.6 is 11.3 Å². The highest BCUT2D eigenvalue weighted by atomic mass is 32.1. The first kappa shape index (κ1) is 30.6. The van der Waals surface area contributed by atoms with Gasteiger partial charge in [0, 0.05) is 53.6 Å². The summed E-state index contributed by atoms with van der Waals surface area (Å²) in [4.78, 5) is 17.6. The lowest BCUT2D eigenvalue weighted by Crippen LogP contribution is -1.84. The molecule has 246 valence electrons. The number of nitrogens with one attached hydrogen (secondary N) is 2. The highest BCUT2D eigenvalue weighted by molar-refractivity contribution is 7.25. The quantitative estimate of drug-likeness (QED) is 0.167. The van der Waals surface area contributed by atoms with E-state index in [9.17, 15) is 0 Å². The summed E-state index contributed by atoms with van der Waals surface area (Å²) in [5.74, 6) is 3.26. The molecule has 0 fully saturated rings. The molecule has 2 N–H and O–H groups in total. The maximum atomic E-state index is 5.39. The summed E-state index contributed by atoms with van der Waals surface area (Å²) in [5.41, 5.74) is 10.1. The molecule has 0 radical (unpaired) electrons. The van der Waals surface area contributed by atoms with Crippen molar-refractivity contribution < 1.29 is 9.47 Å². The van der Waals surface area contributed by atoms with Gasteiger partial charge in [0.05, 0.1) is 37.0 Å². The predicted octanol–water partition coefficient (Wildman–Crippen LogP) is 11.5. The molecule has 0 bridgehead atoms. The number of nitrogens with zero attached hydrogens (tertiary/aromatic N) is 2. The second-order valence-electron chi connectivity index (χ2n) is 12.3. The van der Waals surface area contributed by atoms with Crippen LogP contribution in [0.3, 0.4) is 0 Å². The Balaban J connectivity index is 1.14. The number of hydrogen-bond donors (Lipinski definition) is 2. The van der Waals surface area contributed by atoms with Gasteiger partial charge in [0.1, 0.15) is 23.1 Å². The third kappa shape index (κ3) is 5.63. The first-order valence-corrected chi connectivity index (χ1v) is 17.5. The number of benzene rings is 6. The van der Waals surface area contributed by atoms with E-state index in [0.717, 1.165) is 79.3 Å². The minimum Gasteiger partial charge on any atom is -0.497 e. The van der Waals surface area contributed by atoms with Crippen LogP contribution in [0.2, 0.25) is 0 Å². The van der Waals surface area contributed by atoms with E-state index in [1.165, 1.54) is 20.2 Å². The molecule has 0 unspecified atom stereocenters. The highest BCUT2D eigenvalue weighted by Gasteiger charge is 2.19. The molecule has 0 amide bonds. The number of methoxy groups -OCH3 is 2. The molecule has 0 spiro atoms. The first-order valence-electron chi connectivity index (χ1n) is 16.7. The van der Waals surface area contributed by atoms with Crippen molar-refractivity contribution >= 4 is 31.5 Å². The maximum Gasteiger partial charge on any atom is 0.138 e. The van der Waals surface area contributed by atoms with Crippen molar-refractivity contribution in [1.82, 2.24) is 19.9 Å². The highest BCUT2D eigenvalue weighted by Crippen LogP contribution is 2.42. The van der Waals surface area contributed by atoms with Crippen molar-refractivity contribution in [2.24, 2.45) is 0 Å². The van der Waals surface area contributed by atoms with Crippen molar-refractivity contribution in [1.29, 1.82) is 0 Å². The summed E-state index contributed by atoms with van der Waals surface area (Å²) in [6.45, 7) is 0. The van der Waals surface area contributed by atoms with E-state index in [1.807, 2.05) is 60.7 Å². The van der Waals surface area contributed by atoms with Gasteiger partial charge in [-0.1, -0.05) is 84.9 Å². The molecule has 0 aliphatic rings. The molecule has 0 aliphatic heterocycles. The Morgan fingerprint density at radius 1 is 0.431 bits per heavy atom. The third-order valence-electron chi connectivity index (χ3n) is 9.28. The van der Waals surface area contributed by atoms with Crippen LogP contribution in [0.1, 0.15) is 0 Å². The van der Waals surface area contributed by atoms with E-state index in [-0.39, 0.29) is 0 Å². The van der Waals surface area contributed by atoms with Gasteiger partial charge in [0.25, 0.3) is 0 Å². The fourth-order valence-corrected chi connectivity index (χ4v) is 7.82. The van der Waals surface area contributed by atoms with Crippen LogP contribution in [0.25, 0.3) is 88.0 Å². The van der Waals surface area contributed by atoms with Gasteiger partial charge in [0.2, 0.25) is 0 Å². The monoisotopic (exact) mass is 680 g/mol. The molecule has 3 aromatic heterocycles. The Hall–Kier alpha value is -6.44. The van der Waals surface area contributed by atoms with E-state index in [1.54, 1.807) is 25.6 Å². The van der Waals surface area contributed by atoms with Crippen LogP contribution in [0.5, 0.6) is 11.5 Å². The zero-order chi connectivity index (χ0) is 34.3. The minimum atomic E-state index is 0.813. The van der Waals surface area contributed by atoms with Gasteiger partial charge >= 0.3 is 0 Å². The molecule has 51 heavy (non-hydrogen) atoms. The summed E-state index contributed by atoms with van der Waals surface area (Å²) >= 11 is 1.79. The topological polar surface area (TPSA) is 75.8 Å². The number of thiophene rings is 1. The lowest BCUT2D eigenvalue weighted by atomic mass is 10.0. The molecule has 3 heterocycles. The molecule has 0 aliphatic carbocycles. The number of aromatic amines is 2. The molecule has 9 aromatic rings. The number of hydrogen-bond acceptors (Lipinski definition) is 5. The van der Waals surface area contributed by atoms with Crippen molar-refractivity contribution in [3.05, 3.63) is 146 Å². The molecule has 6 aromatic carbocycles. The van der Waals surface area contributed by atoms with Gasteiger partial charge in [-0.2, -0.15) is 0 Å². The lowest BCUT2D eigenvalue weighted by molar-refractivity contribution is 0.415. The van der Waals surface area contributed by atoms with Crippen LogP contribution in [-0.4, -0.2) is 34.2 Å². The molecule has 7 heteroatoms. The van der Waals surface area contributed by atoms with Gasteiger partial charge in [0.15, 0.2) is 0 Å². The van der Waals surface area contributed by atoms with E-state index in [2.05, 4.69) is 94.9 Å². The Bertz CT molecular complexity index is 2460. The Morgan fingerprint density at radius 2 is 0.824 bits per heavy atom. The second-order valence-corrected chi connectivity index (χ2v) is 13.4. The number of ether oxygens (including phenoxy) is 2. The Morgan fingerprint density at radius 3 is 1.22 bits per heavy atom. The first-order chi connectivity index (χ1) is 25.1. The summed E-state index contributed by atoms with van der Waals surface area (Å²) in [5, 5.41) is 2.45. The van der Waals surface area contributed by atoms with Gasteiger partial charge in [-0.05, 0) is 60.7 Å². The average Bonchev–Trinajstić information content (AvgIpc) is 3.94. The van der Waals surface area contributed by atoms with Crippen LogP contribution in [-0.2, 0) is 0 Å². The van der Waals surface area contributed by atoms with Gasteiger partial charge in [-0.3, -0.25) is 0 Å². The zero-order valence-corrected chi connectivity index (χ0v) is 28.8. The standard InChI is InChI=1S/C44H32N4O2S/c1-49-33-19-13-29(14-20-33)43-45-39(27-9-5-3-6-10-27)41(47-43)31-17-23-35-36-24-18-32(26-38(36)51-37(35)25-31)42-40(28-11-7-4-8-12-28)46-44(48-42)30-15-21-34(50-2)22-16-30/h3-26H,1-2H3,(H,45,47)(H,46,48). The molecule has 9 rings (SSSR count).